The Morgan fingerprint density at radius 2 is 1.69 bits per heavy atom. The molecule has 0 saturated heterocycles. The van der Waals surface area contributed by atoms with E-state index in [1.165, 1.54) is 22.5 Å². The molecular formula is C20H22N4O4S. The molecule has 0 bridgehead atoms. The zero-order chi connectivity index (χ0) is 21.0. The van der Waals surface area contributed by atoms with Gasteiger partial charge in [0.1, 0.15) is 0 Å². The number of aromatic amines is 2. The number of carbonyl (C=O) groups is 1. The van der Waals surface area contributed by atoms with Crippen LogP contribution in [0.15, 0.2) is 58.2 Å². The fourth-order valence-electron chi connectivity index (χ4n) is 2.93. The number of hydrogen-bond donors (Lipinski definition) is 3. The molecule has 0 radical (unpaired) electrons. The molecule has 3 N–H and O–H groups in total. The molecule has 152 valence electrons. The third-order valence-electron chi connectivity index (χ3n) is 4.43. The SMILES string of the molecule is CCN(CC)S(=O)(=O)c1ccc(/C=C/C(=O)Nc2ccc3[nH]c(=O)[nH]c3c2)cc1. The fourth-order valence-corrected chi connectivity index (χ4v) is 4.39. The fraction of sp³-hybridized carbons (Fsp3) is 0.200. The molecule has 29 heavy (non-hydrogen) atoms. The van der Waals surface area contributed by atoms with Gasteiger partial charge in [-0.1, -0.05) is 26.0 Å². The Balaban J connectivity index is 1.68. The Hall–Kier alpha value is -3.17. The molecule has 2 aromatic carbocycles. The van der Waals surface area contributed by atoms with Crippen LogP contribution in [0.2, 0.25) is 0 Å². The van der Waals surface area contributed by atoms with Crippen molar-refractivity contribution in [3.05, 3.63) is 64.6 Å². The lowest BCUT2D eigenvalue weighted by Crippen LogP contribution is -2.30. The maximum Gasteiger partial charge on any atom is 0.323 e. The van der Waals surface area contributed by atoms with E-state index in [9.17, 15) is 18.0 Å². The van der Waals surface area contributed by atoms with E-state index in [2.05, 4.69) is 15.3 Å². The summed E-state index contributed by atoms with van der Waals surface area (Å²) in [5, 5.41) is 2.72. The molecule has 1 heterocycles. The zero-order valence-electron chi connectivity index (χ0n) is 16.1. The zero-order valence-corrected chi connectivity index (χ0v) is 16.9. The van der Waals surface area contributed by atoms with Gasteiger partial charge in [-0.05, 0) is 42.0 Å². The average Bonchev–Trinajstić information content (AvgIpc) is 3.06. The monoisotopic (exact) mass is 414 g/mol. The van der Waals surface area contributed by atoms with Gasteiger partial charge < -0.3 is 15.3 Å². The molecule has 0 spiro atoms. The van der Waals surface area contributed by atoms with Crippen LogP contribution in [0.5, 0.6) is 0 Å². The van der Waals surface area contributed by atoms with Crippen molar-refractivity contribution in [2.24, 2.45) is 0 Å². The lowest BCUT2D eigenvalue weighted by atomic mass is 10.2. The number of hydrogen-bond acceptors (Lipinski definition) is 4. The van der Waals surface area contributed by atoms with Crippen molar-refractivity contribution in [3.63, 3.8) is 0 Å². The maximum atomic E-state index is 12.5. The molecular weight excluding hydrogens is 392 g/mol. The number of rotatable bonds is 7. The molecule has 8 nitrogen and oxygen atoms in total. The van der Waals surface area contributed by atoms with Gasteiger partial charge in [0.25, 0.3) is 0 Å². The van der Waals surface area contributed by atoms with Crippen molar-refractivity contribution in [2.45, 2.75) is 18.7 Å². The van der Waals surface area contributed by atoms with E-state index in [-0.39, 0.29) is 16.5 Å². The Morgan fingerprint density at radius 1 is 1.03 bits per heavy atom. The standard InChI is InChI=1S/C20H22N4O4S/c1-3-24(4-2)29(27,28)16-9-5-14(6-10-16)7-12-19(25)21-15-8-11-17-18(13-15)23-20(26)22-17/h5-13H,3-4H2,1-2H3,(H,21,25)(H2,22,23,26)/b12-7+. The third-order valence-corrected chi connectivity index (χ3v) is 6.50. The number of anilines is 1. The molecule has 0 saturated carbocycles. The first-order valence-corrected chi connectivity index (χ1v) is 10.6. The molecule has 0 aliphatic rings. The van der Waals surface area contributed by atoms with E-state index >= 15 is 0 Å². The molecule has 0 atom stereocenters. The number of H-pyrrole nitrogens is 2. The highest BCUT2D eigenvalue weighted by atomic mass is 32.2. The highest BCUT2D eigenvalue weighted by Gasteiger charge is 2.20. The summed E-state index contributed by atoms with van der Waals surface area (Å²) in [6.07, 6.45) is 2.96. The second-order valence-corrected chi connectivity index (χ2v) is 8.26. The number of amides is 1. The first-order chi connectivity index (χ1) is 13.8. The van der Waals surface area contributed by atoms with Gasteiger partial charge in [0.2, 0.25) is 15.9 Å². The highest BCUT2D eigenvalue weighted by Crippen LogP contribution is 2.17. The molecule has 1 aromatic heterocycles. The van der Waals surface area contributed by atoms with Gasteiger partial charge in [-0.2, -0.15) is 4.31 Å². The van der Waals surface area contributed by atoms with Crippen LogP contribution in [0.4, 0.5) is 5.69 Å². The predicted molar refractivity (Wildman–Crippen MR) is 113 cm³/mol. The molecule has 3 rings (SSSR count). The number of carbonyl (C=O) groups excluding carboxylic acids is 1. The minimum Gasteiger partial charge on any atom is -0.322 e. The van der Waals surface area contributed by atoms with Crippen LogP contribution < -0.4 is 11.0 Å². The average molecular weight is 414 g/mol. The topological polar surface area (TPSA) is 115 Å². The minimum atomic E-state index is -3.50. The normalized spacial score (nSPS) is 12.1. The summed E-state index contributed by atoms with van der Waals surface area (Å²) in [5.74, 6) is -0.345. The number of sulfonamides is 1. The highest BCUT2D eigenvalue weighted by molar-refractivity contribution is 7.89. The van der Waals surface area contributed by atoms with Crippen LogP contribution in [0.25, 0.3) is 17.1 Å². The van der Waals surface area contributed by atoms with Gasteiger partial charge in [0.05, 0.1) is 15.9 Å². The predicted octanol–water partition coefficient (Wildman–Crippen LogP) is 2.54. The minimum absolute atomic E-state index is 0.219. The third kappa shape index (κ3) is 4.64. The van der Waals surface area contributed by atoms with Gasteiger partial charge in [0, 0.05) is 24.9 Å². The molecule has 0 aliphatic carbocycles. The molecule has 0 fully saturated rings. The van der Waals surface area contributed by atoms with Crippen LogP contribution in [0, 0.1) is 0 Å². The van der Waals surface area contributed by atoms with E-state index < -0.39 is 10.0 Å². The molecule has 1 amide bonds. The quantitative estimate of drug-likeness (QED) is 0.515. The van der Waals surface area contributed by atoms with Gasteiger partial charge >= 0.3 is 5.69 Å². The van der Waals surface area contributed by atoms with Crippen molar-refractivity contribution >= 4 is 38.7 Å². The van der Waals surface area contributed by atoms with Gasteiger partial charge in [-0.15, -0.1) is 0 Å². The lowest BCUT2D eigenvalue weighted by Gasteiger charge is -2.18. The largest absolute Gasteiger partial charge is 0.323 e. The van der Waals surface area contributed by atoms with Gasteiger partial charge in [0.15, 0.2) is 0 Å². The van der Waals surface area contributed by atoms with Gasteiger partial charge in [-0.3, -0.25) is 4.79 Å². The van der Waals surface area contributed by atoms with Crippen LogP contribution >= 0.6 is 0 Å². The Bertz CT molecular complexity index is 1200. The smallest absolute Gasteiger partial charge is 0.322 e. The molecule has 0 unspecified atom stereocenters. The lowest BCUT2D eigenvalue weighted by molar-refractivity contribution is -0.111. The van der Waals surface area contributed by atoms with Crippen molar-refractivity contribution in [3.8, 4) is 0 Å². The number of imidazole rings is 1. The van der Waals surface area contributed by atoms with Crippen molar-refractivity contribution in [2.75, 3.05) is 18.4 Å². The summed E-state index contributed by atoms with van der Waals surface area (Å²) in [5.41, 5.74) is 2.19. The number of fused-ring (bicyclic) bond motifs is 1. The van der Waals surface area contributed by atoms with E-state index in [4.69, 9.17) is 0 Å². The van der Waals surface area contributed by atoms with Gasteiger partial charge in [-0.25, -0.2) is 13.2 Å². The Kier molecular flexibility index (Phi) is 6.00. The van der Waals surface area contributed by atoms with Crippen molar-refractivity contribution in [1.29, 1.82) is 0 Å². The van der Waals surface area contributed by atoms with E-state index in [1.54, 1.807) is 50.3 Å². The van der Waals surface area contributed by atoms with E-state index in [0.717, 1.165) is 0 Å². The Labute approximate surface area is 168 Å². The summed E-state index contributed by atoms with van der Waals surface area (Å²) >= 11 is 0. The summed E-state index contributed by atoms with van der Waals surface area (Å²) in [7, 11) is -3.50. The number of nitrogens with one attached hydrogen (secondary N) is 3. The van der Waals surface area contributed by atoms with Crippen molar-refractivity contribution in [1.82, 2.24) is 14.3 Å². The van der Waals surface area contributed by atoms with E-state index in [0.29, 0.717) is 35.4 Å². The first kappa shape index (κ1) is 20.6. The summed E-state index contributed by atoms with van der Waals surface area (Å²) in [4.78, 5) is 28.9. The second-order valence-electron chi connectivity index (χ2n) is 6.32. The van der Waals surface area contributed by atoms with E-state index in [1.807, 2.05) is 0 Å². The summed E-state index contributed by atoms with van der Waals surface area (Å²) in [6, 6.07) is 11.4. The van der Waals surface area contributed by atoms with Crippen LogP contribution in [0.3, 0.4) is 0 Å². The molecule has 3 aromatic rings. The Morgan fingerprint density at radius 3 is 2.34 bits per heavy atom. The summed E-state index contributed by atoms with van der Waals surface area (Å²) in [6.45, 7) is 4.40. The summed E-state index contributed by atoms with van der Waals surface area (Å²) < 4.78 is 26.4. The number of aromatic nitrogens is 2. The first-order valence-electron chi connectivity index (χ1n) is 9.15. The van der Waals surface area contributed by atoms with Crippen LogP contribution in [-0.4, -0.2) is 41.7 Å². The molecule has 9 heteroatoms. The van der Waals surface area contributed by atoms with Crippen LogP contribution in [0.1, 0.15) is 19.4 Å². The second kappa shape index (κ2) is 8.46. The molecule has 0 aliphatic heterocycles. The van der Waals surface area contributed by atoms with Crippen molar-refractivity contribution < 1.29 is 13.2 Å². The number of nitrogens with zero attached hydrogens (tertiary/aromatic N) is 1. The number of benzene rings is 2. The maximum absolute atomic E-state index is 12.5. The van der Waals surface area contributed by atoms with Crippen LogP contribution in [-0.2, 0) is 14.8 Å².